The number of aryl methyl sites for hydroxylation is 1. The number of ether oxygens (including phenoxy) is 2. The van der Waals surface area contributed by atoms with Gasteiger partial charge in [-0.3, -0.25) is 0 Å². The van der Waals surface area contributed by atoms with Gasteiger partial charge in [0.25, 0.3) is 0 Å². The summed E-state index contributed by atoms with van der Waals surface area (Å²) in [5.74, 6) is 0.256. The number of alkyl halides is 1. The summed E-state index contributed by atoms with van der Waals surface area (Å²) in [5, 5.41) is 7.56. The molecule has 2 amide bonds. The number of fused-ring (bicyclic) bond motifs is 3. The van der Waals surface area contributed by atoms with E-state index in [1.165, 1.54) is 6.20 Å². The molecule has 0 fully saturated rings. The zero-order chi connectivity index (χ0) is 34.3. The summed E-state index contributed by atoms with van der Waals surface area (Å²) in [7, 11) is -2.32. The Morgan fingerprint density at radius 1 is 0.960 bits per heavy atom. The van der Waals surface area contributed by atoms with Gasteiger partial charge in [-0.25, -0.2) is 22.8 Å². The number of anilines is 1. The van der Waals surface area contributed by atoms with Crippen molar-refractivity contribution in [2.24, 2.45) is 4.36 Å². The van der Waals surface area contributed by atoms with E-state index in [-0.39, 0.29) is 23.3 Å². The number of hydrogen-bond acceptors (Lipinski definition) is 6. The highest BCUT2D eigenvalue weighted by Gasteiger charge is 2.41. The second kappa shape index (κ2) is 13.0. The zero-order valence-electron chi connectivity index (χ0n) is 27.7. The molecule has 0 saturated carbocycles. The first-order chi connectivity index (χ1) is 24.4. The first-order valence-electron chi connectivity index (χ1n) is 16.9. The highest BCUT2D eigenvalue weighted by Crippen LogP contribution is 2.44. The number of rotatable bonds is 9. The maximum Gasteiger partial charge on any atom is 0.331 e. The maximum absolute atomic E-state index is 16.0. The monoisotopic (exact) mass is 691 g/mol. The molecule has 0 saturated heterocycles. The van der Waals surface area contributed by atoms with E-state index >= 15 is 4.21 Å². The highest BCUT2D eigenvalue weighted by molar-refractivity contribution is 7.92. The number of urea groups is 1. The smallest absolute Gasteiger partial charge is 0.331 e. The molecule has 4 aromatic carbocycles. The quantitative estimate of drug-likeness (QED) is 0.166. The number of methoxy groups -OCH3 is 1. The predicted molar refractivity (Wildman–Crippen MR) is 189 cm³/mol. The number of carbonyl (C=O) groups is 1. The lowest BCUT2D eigenvalue weighted by atomic mass is 9.78. The topological polar surface area (TPSA) is 107 Å². The van der Waals surface area contributed by atoms with Gasteiger partial charge < -0.3 is 14.8 Å². The van der Waals surface area contributed by atoms with Gasteiger partial charge in [-0.2, -0.15) is 9.46 Å². The molecule has 1 aliphatic heterocycles. The molecule has 0 spiro atoms. The van der Waals surface area contributed by atoms with Crippen LogP contribution >= 0.6 is 0 Å². The van der Waals surface area contributed by atoms with Crippen LogP contribution in [-0.2, 0) is 52.4 Å². The normalized spacial score (nSPS) is 18.8. The molecule has 8 rings (SSSR count). The third-order valence-corrected chi connectivity index (χ3v) is 11.7. The summed E-state index contributed by atoms with van der Waals surface area (Å²) in [5.41, 5.74) is 5.40. The summed E-state index contributed by atoms with van der Waals surface area (Å²) in [6.07, 6.45) is 3.25. The van der Waals surface area contributed by atoms with Crippen molar-refractivity contribution < 1.29 is 22.9 Å². The van der Waals surface area contributed by atoms with Crippen molar-refractivity contribution in [1.82, 2.24) is 14.5 Å². The average molecular weight is 692 g/mol. The first-order valence-corrected chi connectivity index (χ1v) is 18.4. The Balaban J connectivity index is 1.33. The van der Waals surface area contributed by atoms with Crippen LogP contribution in [0.3, 0.4) is 0 Å². The van der Waals surface area contributed by atoms with Crippen LogP contribution in [0.2, 0.25) is 0 Å². The van der Waals surface area contributed by atoms with Gasteiger partial charge in [0.15, 0.2) is 9.92 Å². The van der Waals surface area contributed by atoms with E-state index in [0.717, 1.165) is 58.2 Å². The standard InChI is InChI=1S/C39H38FN5O4S/c1-48-25-32-24-45-37(49-32)35(23-41-45)50(47,43-38(46)42-36-33-19-11-12-26(33)20-27-21-31(40)22-34(27)36)44-39(28-13-5-2-6-14-28,29-15-7-3-8-16-29)30-17-9-4-10-18-30/h2-10,13-18,20,23,31-32H,11-12,19,21-22,24-25H2,1H3,(H2,42,43,44,46,47)/t31-,32?,50?/m1/s1. The van der Waals surface area contributed by atoms with Gasteiger partial charge in [0, 0.05) is 25.6 Å². The predicted octanol–water partition coefficient (Wildman–Crippen LogP) is 6.77. The molecule has 2 heterocycles. The van der Waals surface area contributed by atoms with E-state index in [1.54, 1.807) is 11.8 Å². The van der Waals surface area contributed by atoms with Crippen LogP contribution in [0.25, 0.3) is 0 Å². The van der Waals surface area contributed by atoms with Crippen LogP contribution < -0.4 is 14.8 Å². The number of aromatic nitrogens is 2. The third kappa shape index (κ3) is 5.64. The summed E-state index contributed by atoms with van der Waals surface area (Å²) >= 11 is 0. The second-order valence-corrected chi connectivity index (χ2v) is 14.9. The van der Waals surface area contributed by atoms with Crippen LogP contribution in [0.1, 0.15) is 45.4 Å². The summed E-state index contributed by atoms with van der Waals surface area (Å²) in [6, 6.07) is 30.3. The Kier molecular flexibility index (Phi) is 8.40. The SMILES string of the molecule is COCC1Cn2ncc(S(=O)(=NC(c3ccccc3)(c3ccccc3)c3ccccc3)NC(=O)Nc3c4c(cc5c3C[C@H](F)C5)CCC4)c2O1. The van der Waals surface area contributed by atoms with Crippen molar-refractivity contribution in [2.45, 2.75) is 61.4 Å². The van der Waals surface area contributed by atoms with Crippen molar-refractivity contribution in [3.05, 3.63) is 142 Å². The van der Waals surface area contributed by atoms with Gasteiger partial charge >= 0.3 is 6.03 Å². The molecule has 0 radical (unpaired) electrons. The Bertz CT molecular complexity index is 2070. The molecule has 2 aliphatic carbocycles. The van der Waals surface area contributed by atoms with Crippen molar-refractivity contribution >= 4 is 21.6 Å². The van der Waals surface area contributed by atoms with Crippen LogP contribution in [0.5, 0.6) is 5.88 Å². The van der Waals surface area contributed by atoms with Gasteiger partial charge in [0.05, 0.1) is 19.3 Å². The van der Waals surface area contributed by atoms with E-state index < -0.39 is 27.7 Å². The molecule has 50 heavy (non-hydrogen) atoms. The van der Waals surface area contributed by atoms with Crippen LogP contribution in [0, 0.1) is 0 Å². The molecule has 1 aromatic heterocycles. The van der Waals surface area contributed by atoms with Crippen molar-refractivity contribution in [3.63, 3.8) is 0 Å². The number of benzene rings is 4. The van der Waals surface area contributed by atoms with Crippen LogP contribution in [-0.4, -0.2) is 46.0 Å². The van der Waals surface area contributed by atoms with E-state index in [0.29, 0.717) is 25.3 Å². The van der Waals surface area contributed by atoms with Gasteiger partial charge in [0.1, 0.15) is 22.7 Å². The number of amides is 2. The van der Waals surface area contributed by atoms with Gasteiger partial charge in [-0.05, 0) is 58.2 Å². The minimum atomic E-state index is -3.91. The highest BCUT2D eigenvalue weighted by atomic mass is 32.2. The third-order valence-electron chi connectivity index (χ3n) is 9.84. The summed E-state index contributed by atoms with van der Waals surface area (Å²) in [6.45, 7) is 0.690. The van der Waals surface area contributed by atoms with Crippen LogP contribution in [0.15, 0.2) is 113 Å². The Morgan fingerprint density at radius 3 is 2.22 bits per heavy atom. The minimum Gasteiger partial charge on any atom is -0.469 e. The van der Waals surface area contributed by atoms with Crippen molar-refractivity contribution in [3.8, 4) is 5.88 Å². The molecule has 256 valence electrons. The zero-order valence-corrected chi connectivity index (χ0v) is 28.5. The van der Waals surface area contributed by atoms with E-state index in [4.69, 9.17) is 13.8 Å². The Morgan fingerprint density at radius 2 is 1.60 bits per heavy atom. The molecular weight excluding hydrogens is 654 g/mol. The fraction of sp³-hybridized carbons (Fsp3) is 0.282. The summed E-state index contributed by atoms with van der Waals surface area (Å²) < 4.78 is 52.1. The molecule has 0 bridgehead atoms. The van der Waals surface area contributed by atoms with Gasteiger partial charge in [-0.1, -0.05) is 97.1 Å². The number of hydrogen-bond donors (Lipinski definition) is 2. The molecule has 9 nitrogen and oxygen atoms in total. The Labute approximate surface area is 291 Å². The van der Waals surface area contributed by atoms with Crippen molar-refractivity contribution in [1.29, 1.82) is 0 Å². The van der Waals surface area contributed by atoms with Crippen molar-refractivity contribution in [2.75, 3.05) is 19.0 Å². The van der Waals surface area contributed by atoms with E-state index in [9.17, 15) is 9.18 Å². The van der Waals surface area contributed by atoms with Gasteiger partial charge in [-0.15, -0.1) is 0 Å². The number of halogens is 1. The lowest BCUT2D eigenvalue weighted by Gasteiger charge is -2.33. The Hall–Kier alpha value is -5.00. The number of nitrogens with one attached hydrogen (secondary N) is 2. The molecule has 3 aliphatic rings. The fourth-order valence-corrected chi connectivity index (χ4v) is 9.53. The van der Waals surface area contributed by atoms with E-state index in [1.807, 2.05) is 91.0 Å². The van der Waals surface area contributed by atoms with Gasteiger partial charge in [0.2, 0.25) is 5.88 Å². The second-order valence-electron chi connectivity index (χ2n) is 13.1. The molecule has 3 atom stereocenters. The van der Waals surface area contributed by atoms with E-state index in [2.05, 4.69) is 21.2 Å². The summed E-state index contributed by atoms with van der Waals surface area (Å²) in [4.78, 5) is 14.5. The molecule has 11 heteroatoms. The molecule has 5 aromatic rings. The number of nitrogens with zero attached hydrogens (tertiary/aromatic N) is 3. The molecule has 2 N–H and O–H groups in total. The largest absolute Gasteiger partial charge is 0.469 e. The molecular formula is C39H38FN5O4S. The molecule has 2 unspecified atom stereocenters. The fourth-order valence-electron chi connectivity index (χ4n) is 7.69. The van der Waals surface area contributed by atoms with Crippen LogP contribution in [0.4, 0.5) is 14.9 Å². The average Bonchev–Trinajstić information content (AvgIpc) is 3.93. The number of carbonyl (C=O) groups excluding carboxylic acids is 1. The first kappa shape index (κ1) is 32.2. The maximum atomic E-state index is 16.0. The lowest BCUT2D eigenvalue weighted by molar-refractivity contribution is 0.0920. The minimum absolute atomic E-state index is 0.144. The lowest BCUT2D eigenvalue weighted by Crippen LogP contribution is -2.38.